The van der Waals surface area contributed by atoms with Gasteiger partial charge in [0, 0.05) is 0 Å². The Hall–Kier alpha value is -6.07. The van der Waals surface area contributed by atoms with Gasteiger partial charge in [-0.3, -0.25) is 14.4 Å². The molecule has 2 aliphatic carbocycles. The summed E-state index contributed by atoms with van der Waals surface area (Å²) in [5, 5.41) is -0.584. The lowest BCUT2D eigenvalue weighted by atomic mass is 9.59. The number of fused-ring (bicyclic) bond motifs is 7. The summed E-state index contributed by atoms with van der Waals surface area (Å²) in [7, 11) is 0. The molecule has 4 atom stereocenters. The number of allylic oxidation sites excluding steroid dienone is 2. The lowest BCUT2D eigenvalue weighted by Gasteiger charge is -2.39. The van der Waals surface area contributed by atoms with E-state index in [1.54, 1.807) is 97.1 Å². The van der Waals surface area contributed by atoms with Gasteiger partial charge in [-0.2, -0.15) is 13.2 Å². The van der Waals surface area contributed by atoms with Gasteiger partial charge in [0.25, 0.3) is 0 Å². The second kappa shape index (κ2) is 11.2. The largest absolute Gasteiger partial charge is 0.454 e. The number of ether oxygens (including phenoxy) is 4. The molecule has 5 aromatic rings. The van der Waals surface area contributed by atoms with E-state index in [2.05, 4.69) is 0 Å². The Kier molecular flexibility index (Phi) is 6.77. The van der Waals surface area contributed by atoms with Crippen molar-refractivity contribution in [1.29, 1.82) is 0 Å². The molecule has 1 saturated carbocycles. The molecule has 2 amide bonds. The predicted octanol–water partition coefficient (Wildman–Crippen LogP) is 8.01. The molecule has 8 nitrogen and oxygen atoms in total. The number of rotatable bonds is 5. The number of imide groups is 1. The van der Waals surface area contributed by atoms with Gasteiger partial charge in [-0.15, -0.1) is 0 Å². The SMILES string of the molecule is O=C1[C@@H]2[C@@H](C(=O)N1c1ccc(Cl)c(C(F)(F)F)c1)[C@@]1(c3ccccc3)C(=O)[C@@]2(c2ccccc2)C(c2ccc3c(c2)OCO3)=C1c1ccc2c(c1)OCO2. The summed E-state index contributed by atoms with van der Waals surface area (Å²) in [4.78, 5) is 47.4. The highest BCUT2D eigenvalue weighted by Crippen LogP contribution is 2.75. The van der Waals surface area contributed by atoms with Gasteiger partial charge in [0.15, 0.2) is 28.8 Å². The molecule has 54 heavy (non-hydrogen) atoms. The van der Waals surface area contributed by atoms with Crippen molar-refractivity contribution in [3.8, 4) is 23.0 Å². The molecule has 0 radical (unpaired) electrons. The van der Waals surface area contributed by atoms with Crippen LogP contribution in [0, 0.1) is 11.8 Å². The molecule has 3 heterocycles. The summed E-state index contributed by atoms with van der Waals surface area (Å²) in [6.07, 6.45) is -4.87. The van der Waals surface area contributed by atoms with Gasteiger partial charge in [0.2, 0.25) is 25.4 Å². The van der Waals surface area contributed by atoms with Crippen LogP contribution < -0.4 is 23.8 Å². The van der Waals surface area contributed by atoms with Crippen LogP contribution in [-0.2, 0) is 31.4 Å². The van der Waals surface area contributed by atoms with Crippen molar-refractivity contribution < 1.29 is 46.5 Å². The number of anilines is 1. The van der Waals surface area contributed by atoms with E-state index in [-0.39, 0.29) is 19.3 Å². The van der Waals surface area contributed by atoms with Crippen molar-refractivity contribution in [2.75, 3.05) is 18.5 Å². The lowest BCUT2D eigenvalue weighted by Crippen LogP contribution is -2.45. The third-order valence-electron chi connectivity index (χ3n) is 11.3. The van der Waals surface area contributed by atoms with Gasteiger partial charge in [-0.05, 0) is 75.9 Å². The van der Waals surface area contributed by atoms with Crippen LogP contribution >= 0.6 is 11.6 Å². The molecule has 268 valence electrons. The molecular formula is C42H25ClF3NO7. The van der Waals surface area contributed by atoms with Crippen molar-refractivity contribution in [3.05, 3.63) is 148 Å². The third-order valence-corrected chi connectivity index (χ3v) is 11.6. The summed E-state index contributed by atoms with van der Waals surface area (Å²) < 4.78 is 65.5. The van der Waals surface area contributed by atoms with Crippen LogP contribution in [0.2, 0.25) is 5.02 Å². The first-order chi connectivity index (χ1) is 26.1. The smallest absolute Gasteiger partial charge is 0.417 e. The van der Waals surface area contributed by atoms with E-state index in [1.165, 1.54) is 6.07 Å². The van der Waals surface area contributed by atoms with Crippen LogP contribution in [0.15, 0.2) is 115 Å². The minimum Gasteiger partial charge on any atom is -0.454 e. The number of carbonyl (C=O) groups is 3. The molecule has 1 saturated heterocycles. The van der Waals surface area contributed by atoms with Crippen molar-refractivity contribution in [1.82, 2.24) is 0 Å². The number of hydrogen-bond donors (Lipinski definition) is 0. The molecule has 2 bridgehead atoms. The van der Waals surface area contributed by atoms with E-state index in [0.29, 0.717) is 62.5 Å². The maximum absolute atomic E-state index is 16.2. The highest BCUT2D eigenvalue weighted by molar-refractivity contribution is 6.39. The molecule has 10 rings (SSSR count). The Labute approximate surface area is 310 Å². The summed E-state index contributed by atoms with van der Waals surface area (Å²) in [6.45, 7) is -0.0333. The first-order valence-electron chi connectivity index (χ1n) is 17.0. The van der Waals surface area contributed by atoms with E-state index >= 15 is 14.4 Å². The number of amides is 2. The maximum Gasteiger partial charge on any atom is 0.417 e. The zero-order valence-corrected chi connectivity index (χ0v) is 28.6. The van der Waals surface area contributed by atoms with Crippen LogP contribution in [0.25, 0.3) is 11.1 Å². The topological polar surface area (TPSA) is 91.4 Å². The number of halogens is 4. The Morgan fingerprint density at radius 1 is 0.593 bits per heavy atom. The highest BCUT2D eigenvalue weighted by Gasteiger charge is 2.83. The molecule has 5 aliphatic rings. The molecule has 0 unspecified atom stereocenters. The first-order valence-corrected chi connectivity index (χ1v) is 17.4. The molecule has 0 aromatic heterocycles. The summed E-state index contributed by atoms with van der Waals surface area (Å²) in [5.41, 5.74) is -2.27. The van der Waals surface area contributed by atoms with Crippen LogP contribution in [0.3, 0.4) is 0 Å². The molecule has 0 N–H and O–H groups in total. The molecule has 12 heteroatoms. The van der Waals surface area contributed by atoms with Crippen LogP contribution in [0.4, 0.5) is 18.9 Å². The Morgan fingerprint density at radius 2 is 1.06 bits per heavy atom. The van der Waals surface area contributed by atoms with Crippen LogP contribution in [-0.4, -0.2) is 31.2 Å². The number of Topliss-reactive ketones (excluding diaryl/α,β-unsaturated/α-hetero) is 1. The lowest BCUT2D eigenvalue weighted by molar-refractivity contribution is -0.137. The Balaban J connectivity index is 1.34. The fraction of sp³-hybridized carbons (Fsp3) is 0.167. The van der Waals surface area contributed by atoms with Gasteiger partial charge in [0.1, 0.15) is 0 Å². The zero-order valence-electron chi connectivity index (χ0n) is 27.9. The number of carbonyl (C=O) groups excluding carboxylic acids is 3. The first kappa shape index (κ1) is 32.6. The average Bonchev–Trinajstić information content (AvgIpc) is 3.98. The normalized spacial score (nSPS) is 24.9. The molecule has 5 aromatic carbocycles. The van der Waals surface area contributed by atoms with Crippen molar-refractivity contribution in [2.45, 2.75) is 17.0 Å². The number of hydrogen-bond acceptors (Lipinski definition) is 7. The van der Waals surface area contributed by atoms with Gasteiger partial charge < -0.3 is 18.9 Å². The molecule has 0 spiro atoms. The van der Waals surface area contributed by atoms with Gasteiger partial charge in [-0.1, -0.05) is 84.4 Å². The quantitative estimate of drug-likeness (QED) is 0.168. The third kappa shape index (κ3) is 4.07. The van der Waals surface area contributed by atoms with E-state index in [0.717, 1.165) is 11.0 Å². The number of nitrogens with zero attached hydrogens (tertiary/aromatic N) is 1. The summed E-state index contributed by atoms with van der Waals surface area (Å²) in [6, 6.07) is 31.0. The van der Waals surface area contributed by atoms with E-state index in [4.69, 9.17) is 30.5 Å². The molecule has 2 fully saturated rings. The molecule has 3 aliphatic heterocycles. The standard InChI is InChI=1S/C42H25ClF3NO7/c43-28-14-13-26(19-27(28)42(44,45)46)47-37(48)35-36(38(47)49)41(25-9-5-2-6-10-25)34(23-12-16-30-32(18-23)54-21-52-30)33(22-11-15-29-31(17-22)53-20-51-29)40(35,39(41)50)24-7-3-1-4-8-24/h1-19,35-36H,20-21H2/t35-,36-,40-,41-/m0/s1. The van der Waals surface area contributed by atoms with Gasteiger partial charge in [0.05, 0.1) is 38.9 Å². The van der Waals surface area contributed by atoms with Crippen molar-refractivity contribution >= 4 is 46.0 Å². The second-order valence-electron chi connectivity index (χ2n) is 13.7. The highest BCUT2D eigenvalue weighted by atomic mass is 35.5. The van der Waals surface area contributed by atoms with E-state index in [9.17, 15) is 13.2 Å². The number of ketones is 1. The zero-order chi connectivity index (χ0) is 37.1. The second-order valence-corrected chi connectivity index (χ2v) is 14.1. The minimum absolute atomic E-state index is 0.0167. The average molecular weight is 748 g/mol. The van der Waals surface area contributed by atoms with Crippen molar-refractivity contribution in [3.63, 3.8) is 0 Å². The fourth-order valence-corrected chi connectivity index (χ4v) is 9.58. The Morgan fingerprint density at radius 3 is 1.52 bits per heavy atom. The van der Waals surface area contributed by atoms with Crippen LogP contribution in [0.1, 0.15) is 27.8 Å². The monoisotopic (exact) mass is 747 g/mol. The fourth-order valence-electron chi connectivity index (χ4n) is 9.35. The number of benzene rings is 5. The Bertz CT molecular complexity index is 2370. The van der Waals surface area contributed by atoms with Gasteiger partial charge >= 0.3 is 6.18 Å². The van der Waals surface area contributed by atoms with Crippen molar-refractivity contribution in [2.24, 2.45) is 11.8 Å². The van der Waals surface area contributed by atoms with Gasteiger partial charge in [-0.25, -0.2) is 4.90 Å². The van der Waals surface area contributed by atoms with E-state index < -0.39 is 57.0 Å². The van der Waals surface area contributed by atoms with E-state index in [1.807, 2.05) is 0 Å². The predicted molar refractivity (Wildman–Crippen MR) is 189 cm³/mol. The summed E-state index contributed by atoms with van der Waals surface area (Å²) >= 11 is 5.99. The maximum atomic E-state index is 16.2. The minimum atomic E-state index is -4.87. The summed E-state index contributed by atoms with van der Waals surface area (Å²) in [5.74, 6) is -2.94. The van der Waals surface area contributed by atoms with Crippen LogP contribution in [0.5, 0.6) is 23.0 Å². The molecular weight excluding hydrogens is 723 g/mol. The number of alkyl halides is 3.